The Morgan fingerprint density at radius 2 is 0.955 bits per heavy atom. The van der Waals surface area contributed by atoms with Crippen LogP contribution in [0.2, 0.25) is 0 Å². The molecule has 1 N–H and O–H groups in total. The van der Waals surface area contributed by atoms with Crippen molar-refractivity contribution in [1.29, 1.82) is 0 Å². The second kappa shape index (κ2) is 26.8. The van der Waals surface area contributed by atoms with Gasteiger partial charge in [0.05, 0.1) is 0 Å². The number of carbonyl (C=O) groups is 4. The number of oxime groups is 2. The third-order valence-electron chi connectivity index (χ3n) is 13.4. The molecule has 9 nitrogen and oxygen atoms in total. The third kappa shape index (κ3) is 12.8. The highest BCUT2D eigenvalue weighted by molar-refractivity contribution is 6.63. The van der Waals surface area contributed by atoms with Gasteiger partial charge in [-0.25, -0.2) is 4.79 Å². The molecule has 0 saturated heterocycles. The molecule has 0 aromatic heterocycles. The summed E-state index contributed by atoms with van der Waals surface area (Å²) in [7, 11) is 0. The van der Waals surface area contributed by atoms with Crippen LogP contribution in [0.15, 0.2) is 95.2 Å². The minimum atomic E-state index is -0.403. The van der Waals surface area contributed by atoms with Crippen LogP contribution in [0.3, 0.4) is 0 Å². The van der Waals surface area contributed by atoms with Gasteiger partial charge in [0.2, 0.25) is 16.8 Å². The summed E-state index contributed by atoms with van der Waals surface area (Å²) in [6.45, 7) is 26.1. The number of Topliss-reactive ketones (excluding diaryl/α,β-unsaturated/α-hetero) is 2. The number of carbonyl (C=O) groups excluding carboxylic acids is 4. The van der Waals surface area contributed by atoms with E-state index in [1.54, 1.807) is 6.92 Å². The highest BCUT2D eigenvalue weighted by atomic mass is 35.5. The number of nitrogens with zero attached hydrogens (tertiary/aromatic N) is 3. The van der Waals surface area contributed by atoms with Gasteiger partial charge in [-0.1, -0.05) is 158 Å². The lowest BCUT2D eigenvalue weighted by atomic mass is 9.73. The number of hydrogen-bond donors (Lipinski definition) is 1. The molecule has 10 heteroatoms. The van der Waals surface area contributed by atoms with Crippen molar-refractivity contribution in [2.45, 2.75) is 151 Å². The van der Waals surface area contributed by atoms with Crippen molar-refractivity contribution in [2.24, 2.45) is 10.3 Å². The van der Waals surface area contributed by atoms with E-state index in [2.05, 4.69) is 112 Å². The van der Waals surface area contributed by atoms with Gasteiger partial charge < -0.3 is 14.9 Å². The fourth-order valence-corrected chi connectivity index (χ4v) is 9.33. The van der Waals surface area contributed by atoms with Crippen LogP contribution in [0, 0.1) is 0 Å². The van der Waals surface area contributed by atoms with E-state index in [4.69, 9.17) is 21.6 Å². The molecule has 0 unspecified atom stereocenters. The lowest BCUT2D eigenvalue weighted by Crippen LogP contribution is -2.23. The molecule has 2 aliphatic rings. The molecular weight excluding hydrogens is 846 g/mol. The van der Waals surface area contributed by atoms with Crippen molar-refractivity contribution < 1.29 is 29.2 Å². The van der Waals surface area contributed by atoms with Crippen LogP contribution < -0.4 is 0 Å². The highest BCUT2D eigenvalue weighted by Gasteiger charge is 2.42. The van der Waals surface area contributed by atoms with E-state index in [-0.39, 0.29) is 39.1 Å². The molecular formula is C56H74ClN3O6. The molecule has 6 rings (SSSR count). The van der Waals surface area contributed by atoms with E-state index in [1.807, 2.05) is 50.2 Å². The van der Waals surface area contributed by atoms with E-state index < -0.39 is 5.97 Å². The van der Waals surface area contributed by atoms with Crippen LogP contribution >= 0.6 is 11.6 Å². The number of unbranched alkanes of at least 4 members (excludes halogenated alkanes) is 2. The summed E-state index contributed by atoms with van der Waals surface area (Å²) >= 11 is 5.02. The molecule has 0 aliphatic heterocycles. The Balaban J connectivity index is 0.000000276. The third-order valence-corrected chi connectivity index (χ3v) is 13.6. The van der Waals surface area contributed by atoms with Crippen LogP contribution in [-0.4, -0.2) is 63.9 Å². The summed E-state index contributed by atoms with van der Waals surface area (Å²) in [5.41, 5.74) is 11.3. The second-order valence-electron chi connectivity index (χ2n) is 16.9. The van der Waals surface area contributed by atoms with Gasteiger partial charge in [0.25, 0.3) is 0 Å². The fourth-order valence-electron chi connectivity index (χ4n) is 9.19. The zero-order valence-electron chi connectivity index (χ0n) is 41.5. The molecule has 0 radical (unpaired) electrons. The zero-order valence-corrected chi connectivity index (χ0v) is 42.2. The van der Waals surface area contributed by atoms with Gasteiger partial charge in [-0.3, -0.25) is 14.4 Å². The van der Waals surface area contributed by atoms with Crippen LogP contribution in [0.4, 0.5) is 0 Å². The van der Waals surface area contributed by atoms with Crippen LogP contribution in [-0.2, 0) is 25.3 Å². The number of ketones is 2. The molecule has 356 valence electrons. The van der Waals surface area contributed by atoms with E-state index >= 15 is 0 Å². The van der Waals surface area contributed by atoms with Gasteiger partial charge in [0, 0.05) is 34.8 Å². The SMILES string of the molecule is CCC1(CC)c2ccccc2-c2ccc(C(=O)/C(C)=N\O)cc21.CCCCC(=O)Cl.CCCCC(=O)O/N=C(/C)C(=O)c1ccc2c(c1)C(CC)(CC)c1ccccc1-2.CCN(CC)CC. The van der Waals surface area contributed by atoms with Crippen LogP contribution in [0.5, 0.6) is 0 Å². The van der Waals surface area contributed by atoms with Gasteiger partial charge in [-0.2, -0.15) is 0 Å². The molecule has 0 fully saturated rings. The molecule has 0 heterocycles. The first kappa shape index (κ1) is 55.1. The first-order valence-corrected chi connectivity index (χ1v) is 24.5. The smallest absolute Gasteiger partial charge is 0.335 e. The number of halogens is 1. The fraction of sp³-hybridized carbons (Fsp3) is 0.464. The van der Waals surface area contributed by atoms with E-state index in [0.29, 0.717) is 24.0 Å². The predicted molar refractivity (Wildman–Crippen MR) is 273 cm³/mol. The van der Waals surface area contributed by atoms with Gasteiger partial charge in [-0.15, -0.1) is 0 Å². The lowest BCUT2D eigenvalue weighted by molar-refractivity contribution is -0.143. The molecule has 0 bridgehead atoms. The average molecular weight is 921 g/mol. The molecule has 66 heavy (non-hydrogen) atoms. The van der Waals surface area contributed by atoms with Gasteiger partial charge in [-0.05, 0) is 140 Å². The summed E-state index contributed by atoms with van der Waals surface area (Å²) < 4.78 is 0. The maximum atomic E-state index is 12.9. The highest BCUT2D eigenvalue weighted by Crippen LogP contribution is 2.54. The minimum Gasteiger partial charge on any atom is -0.411 e. The predicted octanol–water partition coefficient (Wildman–Crippen LogP) is 14.2. The maximum absolute atomic E-state index is 12.9. The standard InChI is InChI=1S/C25H29NO3.C20H21NO2.C6H15N.C5H9ClO/c1-5-8-13-23(27)29-26-17(4)24(28)18-14-15-20-19-11-9-10-12-21(19)25(6-2,7-3)22(20)16-18;1-4-20(5-2)17-9-7-6-8-15(17)16-11-10-14(12-18(16)20)19(22)13(3)21-23;1-4-7(5-2)6-3;1-2-3-4-5(6)7/h9-12,14-16H,5-8,13H2,1-4H3;6-12,23H,4-5H2,1-3H3;4-6H2,1-3H3;2-4H2,1H3/b26-17-;21-13-;;. The molecule has 2 aliphatic carbocycles. The van der Waals surface area contributed by atoms with Crippen molar-refractivity contribution in [2.75, 3.05) is 19.6 Å². The Morgan fingerprint density at radius 3 is 1.30 bits per heavy atom. The zero-order chi connectivity index (χ0) is 49.0. The molecule has 0 spiro atoms. The molecule has 4 aromatic carbocycles. The first-order chi connectivity index (χ1) is 31.7. The van der Waals surface area contributed by atoms with Gasteiger partial charge in [0.15, 0.2) is 0 Å². The number of fused-ring (bicyclic) bond motifs is 6. The topological polar surface area (TPSA) is 126 Å². The Kier molecular flexibility index (Phi) is 22.4. The normalized spacial score (nSPS) is 13.6. The summed E-state index contributed by atoms with van der Waals surface area (Å²) in [6.07, 6.45) is 8.36. The van der Waals surface area contributed by atoms with E-state index in [0.717, 1.165) is 51.4 Å². The quantitative estimate of drug-likeness (QED) is 0.0263. The van der Waals surface area contributed by atoms with Gasteiger partial charge >= 0.3 is 5.97 Å². The second-order valence-corrected chi connectivity index (χ2v) is 17.3. The largest absolute Gasteiger partial charge is 0.411 e. The maximum Gasteiger partial charge on any atom is 0.335 e. The van der Waals surface area contributed by atoms with Gasteiger partial charge in [0.1, 0.15) is 11.4 Å². The minimum absolute atomic E-state index is 0.0491. The van der Waals surface area contributed by atoms with E-state index in [9.17, 15) is 19.2 Å². The Morgan fingerprint density at radius 1 is 0.561 bits per heavy atom. The van der Waals surface area contributed by atoms with Crippen LogP contribution in [0.1, 0.15) is 183 Å². The van der Waals surface area contributed by atoms with Crippen molar-refractivity contribution in [3.63, 3.8) is 0 Å². The first-order valence-electron chi connectivity index (χ1n) is 24.1. The molecule has 0 atom stereocenters. The monoisotopic (exact) mass is 920 g/mol. The summed E-state index contributed by atoms with van der Waals surface area (Å²) in [5, 5.41) is 15.5. The number of hydrogen-bond acceptors (Lipinski definition) is 9. The van der Waals surface area contributed by atoms with Crippen LogP contribution in [0.25, 0.3) is 22.3 Å². The Hall–Kier alpha value is -5.25. The van der Waals surface area contributed by atoms with E-state index in [1.165, 1.54) is 71.1 Å². The summed E-state index contributed by atoms with van der Waals surface area (Å²) in [4.78, 5) is 54.2. The average Bonchev–Trinajstić information content (AvgIpc) is 3.80. The lowest BCUT2D eigenvalue weighted by Gasteiger charge is -2.29. The molecule has 0 amide bonds. The number of benzene rings is 4. The Bertz CT molecular complexity index is 2310. The molecule has 4 aromatic rings. The van der Waals surface area contributed by atoms with Crippen molar-refractivity contribution in [3.8, 4) is 22.3 Å². The van der Waals surface area contributed by atoms with Crippen molar-refractivity contribution >= 4 is 45.8 Å². The molecule has 0 saturated carbocycles. The number of rotatable bonds is 18. The van der Waals surface area contributed by atoms with Crippen molar-refractivity contribution in [3.05, 3.63) is 118 Å². The van der Waals surface area contributed by atoms with Crippen molar-refractivity contribution in [1.82, 2.24) is 4.90 Å². The summed E-state index contributed by atoms with van der Waals surface area (Å²) in [6, 6.07) is 28.7. The summed E-state index contributed by atoms with van der Waals surface area (Å²) in [5.74, 6) is -0.847. The Labute approximate surface area is 400 Å².